The molecule has 3 nitrogen and oxygen atoms in total. The van der Waals surface area contributed by atoms with Crippen molar-refractivity contribution in [3.05, 3.63) is 63.3 Å². The van der Waals surface area contributed by atoms with Gasteiger partial charge in [0.15, 0.2) is 0 Å². The number of hydrogen-bond donors (Lipinski definition) is 1. The van der Waals surface area contributed by atoms with E-state index in [2.05, 4.69) is 26.2 Å². The van der Waals surface area contributed by atoms with Gasteiger partial charge in [-0.3, -0.25) is 4.79 Å². The number of amides is 1. The minimum absolute atomic E-state index is 0.123. The number of pyridine rings is 1. The minimum atomic E-state index is -0.123. The van der Waals surface area contributed by atoms with Crippen molar-refractivity contribution < 1.29 is 4.79 Å². The Morgan fingerprint density at radius 2 is 2.16 bits per heavy atom. The average molecular weight is 340 g/mol. The molecule has 0 saturated heterocycles. The Balaban J connectivity index is 1.86. The Hall–Kier alpha value is -1.39. The predicted octanol–water partition coefficient (Wildman–Crippen LogP) is 3.47. The molecular weight excluding hydrogens is 328 g/mol. The molecule has 0 aliphatic carbocycles. The van der Waals surface area contributed by atoms with Crippen molar-refractivity contribution in [3.63, 3.8) is 0 Å². The Bertz CT molecular complexity index is 572. The maximum absolute atomic E-state index is 11.8. The molecule has 0 bridgehead atoms. The highest BCUT2D eigenvalue weighted by atomic mass is 79.9. The van der Waals surface area contributed by atoms with Gasteiger partial charge in [0.05, 0.1) is 5.56 Å². The van der Waals surface area contributed by atoms with E-state index < -0.39 is 0 Å². The normalized spacial score (nSPS) is 10.2. The van der Waals surface area contributed by atoms with Gasteiger partial charge in [0.1, 0.15) is 4.60 Å². The first-order chi connectivity index (χ1) is 9.15. The molecule has 1 aromatic heterocycles. The predicted molar refractivity (Wildman–Crippen MR) is 79.4 cm³/mol. The lowest BCUT2D eigenvalue weighted by Crippen LogP contribution is -2.25. The summed E-state index contributed by atoms with van der Waals surface area (Å²) < 4.78 is 0.711. The van der Waals surface area contributed by atoms with E-state index in [0.29, 0.717) is 21.7 Å². The van der Waals surface area contributed by atoms with Gasteiger partial charge >= 0.3 is 0 Å². The van der Waals surface area contributed by atoms with Gasteiger partial charge in [-0.1, -0.05) is 23.7 Å². The zero-order valence-corrected chi connectivity index (χ0v) is 12.4. The maximum atomic E-state index is 11.8. The van der Waals surface area contributed by atoms with E-state index >= 15 is 0 Å². The summed E-state index contributed by atoms with van der Waals surface area (Å²) in [7, 11) is 0. The summed E-state index contributed by atoms with van der Waals surface area (Å²) in [6.07, 6.45) is 2.29. The highest BCUT2D eigenvalue weighted by Gasteiger charge is 2.05. The van der Waals surface area contributed by atoms with Gasteiger partial charge in [-0.15, -0.1) is 0 Å². The first-order valence-corrected chi connectivity index (χ1v) is 6.96. The smallest absolute Gasteiger partial charge is 0.252 e. The van der Waals surface area contributed by atoms with Crippen molar-refractivity contribution in [3.8, 4) is 0 Å². The van der Waals surface area contributed by atoms with Crippen LogP contribution in [0.15, 0.2) is 47.2 Å². The fourth-order valence-electron chi connectivity index (χ4n) is 1.63. The minimum Gasteiger partial charge on any atom is -0.352 e. The van der Waals surface area contributed by atoms with Crippen molar-refractivity contribution in [2.75, 3.05) is 6.54 Å². The molecule has 0 fully saturated rings. The van der Waals surface area contributed by atoms with Crippen molar-refractivity contribution in [2.24, 2.45) is 0 Å². The van der Waals surface area contributed by atoms with Gasteiger partial charge in [-0.25, -0.2) is 4.98 Å². The lowest BCUT2D eigenvalue weighted by atomic mass is 10.1. The number of nitrogens with zero attached hydrogens (tertiary/aromatic N) is 1. The second kappa shape index (κ2) is 6.68. The van der Waals surface area contributed by atoms with Crippen LogP contribution in [-0.2, 0) is 6.42 Å². The molecule has 19 heavy (non-hydrogen) atoms. The third-order valence-corrected chi connectivity index (χ3v) is 3.28. The molecule has 0 aliphatic rings. The van der Waals surface area contributed by atoms with Crippen LogP contribution in [0.2, 0.25) is 5.02 Å². The molecule has 1 aromatic carbocycles. The molecule has 1 N–H and O–H groups in total. The summed E-state index contributed by atoms with van der Waals surface area (Å²) in [5.74, 6) is -0.123. The molecule has 1 heterocycles. The Kier molecular flexibility index (Phi) is 4.93. The largest absolute Gasteiger partial charge is 0.352 e. The van der Waals surface area contributed by atoms with E-state index in [0.717, 1.165) is 12.0 Å². The highest BCUT2D eigenvalue weighted by molar-refractivity contribution is 9.10. The first kappa shape index (κ1) is 14.0. The summed E-state index contributed by atoms with van der Waals surface area (Å²) in [6, 6.07) is 11.1. The van der Waals surface area contributed by atoms with Crippen LogP contribution in [0.4, 0.5) is 0 Å². The van der Waals surface area contributed by atoms with Crippen LogP contribution >= 0.6 is 27.5 Å². The molecule has 0 saturated carbocycles. The molecule has 0 aliphatic heterocycles. The van der Waals surface area contributed by atoms with Gasteiger partial charge in [-0.05, 0) is 52.2 Å². The highest BCUT2D eigenvalue weighted by Crippen LogP contribution is 2.11. The molecule has 1 amide bonds. The second-order valence-corrected chi connectivity index (χ2v) is 5.25. The number of halogens is 2. The fourth-order valence-corrected chi connectivity index (χ4v) is 2.07. The topological polar surface area (TPSA) is 42.0 Å². The monoisotopic (exact) mass is 338 g/mol. The summed E-state index contributed by atoms with van der Waals surface area (Å²) in [6.45, 7) is 0.565. The summed E-state index contributed by atoms with van der Waals surface area (Å²) in [5.41, 5.74) is 1.65. The van der Waals surface area contributed by atoms with E-state index in [1.54, 1.807) is 18.3 Å². The van der Waals surface area contributed by atoms with E-state index in [-0.39, 0.29) is 5.91 Å². The van der Waals surface area contributed by atoms with Crippen LogP contribution in [0.25, 0.3) is 0 Å². The van der Waals surface area contributed by atoms with Crippen LogP contribution in [0.5, 0.6) is 0 Å². The first-order valence-electron chi connectivity index (χ1n) is 5.79. The van der Waals surface area contributed by atoms with Crippen LogP contribution < -0.4 is 5.32 Å². The van der Waals surface area contributed by atoms with E-state index in [1.165, 1.54) is 0 Å². The summed E-state index contributed by atoms with van der Waals surface area (Å²) in [4.78, 5) is 15.8. The quantitative estimate of drug-likeness (QED) is 0.867. The summed E-state index contributed by atoms with van der Waals surface area (Å²) in [5, 5.41) is 3.56. The molecule has 98 valence electrons. The SMILES string of the molecule is O=C(NCCc1cccc(Cl)c1)c1ccc(Br)nc1. The number of carbonyl (C=O) groups is 1. The molecule has 0 spiro atoms. The van der Waals surface area contributed by atoms with Crippen LogP contribution in [0.1, 0.15) is 15.9 Å². The molecular formula is C14H12BrClN2O. The standard InChI is InChI=1S/C14H12BrClN2O/c15-13-5-4-11(9-18-13)14(19)17-7-6-10-2-1-3-12(16)8-10/h1-5,8-9H,6-7H2,(H,17,19). The zero-order valence-electron chi connectivity index (χ0n) is 10.1. The molecule has 2 aromatic rings. The average Bonchev–Trinajstić information content (AvgIpc) is 2.39. The van der Waals surface area contributed by atoms with Gasteiger partial charge in [0.25, 0.3) is 5.91 Å². The zero-order chi connectivity index (χ0) is 13.7. The number of aromatic nitrogens is 1. The van der Waals surface area contributed by atoms with Gasteiger partial charge in [0.2, 0.25) is 0 Å². The van der Waals surface area contributed by atoms with Gasteiger partial charge in [-0.2, -0.15) is 0 Å². The van der Waals surface area contributed by atoms with E-state index in [1.807, 2.05) is 24.3 Å². The van der Waals surface area contributed by atoms with Crippen LogP contribution in [-0.4, -0.2) is 17.4 Å². The number of carbonyl (C=O) groups excluding carboxylic acids is 1. The number of nitrogens with one attached hydrogen (secondary N) is 1. The third kappa shape index (κ3) is 4.33. The van der Waals surface area contributed by atoms with E-state index in [4.69, 9.17) is 11.6 Å². The molecule has 0 radical (unpaired) electrons. The van der Waals surface area contributed by atoms with Gasteiger partial charge < -0.3 is 5.32 Å². The lowest BCUT2D eigenvalue weighted by Gasteiger charge is -2.05. The van der Waals surface area contributed by atoms with Crippen molar-refractivity contribution in [1.82, 2.24) is 10.3 Å². The molecule has 0 unspecified atom stereocenters. The van der Waals surface area contributed by atoms with Crippen molar-refractivity contribution in [2.45, 2.75) is 6.42 Å². The maximum Gasteiger partial charge on any atom is 0.252 e. The van der Waals surface area contributed by atoms with Crippen molar-refractivity contribution >= 4 is 33.4 Å². The Morgan fingerprint density at radius 3 is 2.84 bits per heavy atom. The van der Waals surface area contributed by atoms with E-state index in [9.17, 15) is 4.79 Å². The third-order valence-electron chi connectivity index (χ3n) is 2.58. The number of benzene rings is 1. The fraction of sp³-hybridized carbons (Fsp3) is 0.143. The summed E-state index contributed by atoms with van der Waals surface area (Å²) >= 11 is 9.13. The number of rotatable bonds is 4. The van der Waals surface area contributed by atoms with Crippen molar-refractivity contribution in [1.29, 1.82) is 0 Å². The number of hydrogen-bond acceptors (Lipinski definition) is 2. The Morgan fingerprint density at radius 1 is 1.32 bits per heavy atom. The molecule has 5 heteroatoms. The molecule has 2 rings (SSSR count). The van der Waals surface area contributed by atoms with Crippen LogP contribution in [0.3, 0.4) is 0 Å². The van der Waals surface area contributed by atoms with Crippen LogP contribution in [0, 0.1) is 0 Å². The molecule has 0 atom stereocenters. The van der Waals surface area contributed by atoms with Gasteiger partial charge in [0, 0.05) is 17.8 Å². The second-order valence-electron chi connectivity index (χ2n) is 4.01. The lowest BCUT2D eigenvalue weighted by molar-refractivity contribution is 0.0954. The Labute approximate surface area is 125 Å².